The second-order valence-corrected chi connectivity index (χ2v) is 5.80. The zero-order chi connectivity index (χ0) is 13.0. The molecule has 0 unspecified atom stereocenters. The first-order valence-corrected chi connectivity index (χ1v) is 7.08. The maximum Gasteiger partial charge on any atom is 0.339 e. The molecule has 0 aliphatic heterocycles. The second-order valence-electron chi connectivity index (χ2n) is 4.79. The van der Waals surface area contributed by atoms with Crippen molar-refractivity contribution in [1.29, 1.82) is 0 Å². The maximum atomic E-state index is 12.3. The molecular weight excluding hydrogens is 260 g/mol. The van der Waals surface area contributed by atoms with Crippen molar-refractivity contribution in [3.8, 4) is 0 Å². The molecule has 1 aliphatic carbocycles. The third-order valence-electron chi connectivity index (χ3n) is 3.73. The van der Waals surface area contributed by atoms with E-state index in [0.29, 0.717) is 16.5 Å². The first-order chi connectivity index (χ1) is 9.25. The van der Waals surface area contributed by atoms with Crippen LogP contribution in [0, 0.1) is 0 Å². The molecule has 0 atom stereocenters. The van der Waals surface area contributed by atoms with Gasteiger partial charge in [-0.05, 0) is 37.0 Å². The summed E-state index contributed by atoms with van der Waals surface area (Å²) in [5.41, 5.74) is 1.80. The van der Waals surface area contributed by atoms with Crippen molar-refractivity contribution < 1.29 is 4.42 Å². The highest BCUT2D eigenvalue weighted by molar-refractivity contribution is 7.17. The number of rotatable bonds is 0. The molecule has 3 aromatic rings. The molecule has 4 rings (SSSR count). The van der Waals surface area contributed by atoms with Gasteiger partial charge in [0.25, 0.3) is 0 Å². The normalized spacial score (nSPS) is 14.1. The van der Waals surface area contributed by atoms with Gasteiger partial charge in [0.15, 0.2) is 5.58 Å². The zero-order valence-corrected chi connectivity index (χ0v) is 10.9. The standard InChI is InChI=1S/C15H10O3S/c16-14-9-6-3-5-8(9)12-13(18-14)10-4-1-2-7-11(10)19-15(12)17/h1-2,4,7H,3,5-6H2. The van der Waals surface area contributed by atoms with Crippen LogP contribution in [0.2, 0.25) is 0 Å². The molecule has 1 aliphatic rings. The van der Waals surface area contributed by atoms with Crippen LogP contribution in [0.15, 0.2) is 38.3 Å². The summed E-state index contributed by atoms with van der Waals surface area (Å²) < 4.78 is 6.31. The van der Waals surface area contributed by atoms with Crippen LogP contribution in [0.3, 0.4) is 0 Å². The highest BCUT2D eigenvalue weighted by Gasteiger charge is 2.22. The average molecular weight is 270 g/mol. The van der Waals surface area contributed by atoms with E-state index in [4.69, 9.17) is 4.42 Å². The SMILES string of the molecule is O=c1oc2c(c3c1CCC3)c(=O)sc1ccccc12. The largest absolute Gasteiger partial charge is 0.422 e. The molecule has 1 aromatic carbocycles. The van der Waals surface area contributed by atoms with Crippen molar-refractivity contribution in [2.45, 2.75) is 19.3 Å². The summed E-state index contributed by atoms with van der Waals surface area (Å²) in [5.74, 6) is 0. The fraction of sp³-hybridized carbons (Fsp3) is 0.200. The molecule has 0 saturated heterocycles. The number of hydrogen-bond acceptors (Lipinski definition) is 4. The Morgan fingerprint density at radius 1 is 1.05 bits per heavy atom. The molecule has 0 radical (unpaired) electrons. The lowest BCUT2D eigenvalue weighted by atomic mass is 10.1. The number of benzene rings is 1. The predicted octanol–water partition coefficient (Wildman–Crippen LogP) is 2.86. The highest BCUT2D eigenvalue weighted by Crippen LogP contribution is 2.30. The van der Waals surface area contributed by atoms with Crippen LogP contribution in [0.25, 0.3) is 21.1 Å². The van der Waals surface area contributed by atoms with E-state index in [1.807, 2.05) is 24.3 Å². The molecule has 0 spiro atoms. The first-order valence-electron chi connectivity index (χ1n) is 6.26. The van der Waals surface area contributed by atoms with E-state index in [2.05, 4.69) is 0 Å². The molecule has 19 heavy (non-hydrogen) atoms. The summed E-state index contributed by atoms with van der Waals surface area (Å²) in [6.07, 6.45) is 2.46. The maximum absolute atomic E-state index is 12.3. The Balaban J connectivity index is 2.36. The quantitative estimate of drug-likeness (QED) is 0.590. The van der Waals surface area contributed by atoms with E-state index in [-0.39, 0.29) is 10.4 Å². The lowest BCUT2D eigenvalue weighted by Gasteiger charge is -2.05. The Hall–Kier alpha value is -1.94. The molecular formula is C15H10O3S. The van der Waals surface area contributed by atoms with Gasteiger partial charge in [-0.2, -0.15) is 0 Å². The number of aryl methyl sites for hydroxylation is 1. The summed E-state index contributed by atoms with van der Waals surface area (Å²) in [6, 6.07) is 7.56. The predicted molar refractivity (Wildman–Crippen MR) is 76.2 cm³/mol. The Kier molecular flexibility index (Phi) is 2.17. The van der Waals surface area contributed by atoms with Gasteiger partial charge in [0.2, 0.25) is 4.74 Å². The lowest BCUT2D eigenvalue weighted by molar-refractivity contribution is 0.555. The highest BCUT2D eigenvalue weighted by atomic mass is 32.1. The average Bonchev–Trinajstić information content (AvgIpc) is 2.88. The summed E-state index contributed by atoms with van der Waals surface area (Å²) in [7, 11) is 0. The van der Waals surface area contributed by atoms with Crippen LogP contribution in [-0.4, -0.2) is 0 Å². The van der Waals surface area contributed by atoms with Crippen molar-refractivity contribution in [2.75, 3.05) is 0 Å². The first kappa shape index (κ1) is 10.9. The van der Waals surface area contributed by atoms with Crippen molar-refractivity contribution in [1.82, 2.24) is 0 Å². The van der Waals surface area contributed by atoms with E-state index in [0.717, 1.165) is 34.9 Å². The van der Waals surface area contributed by atoms with Crippen LogP contribution in [0.4, 0.5) is 0 Å². The van der Waals surface area contributed by atoms with E-state index in [1.54, 1.807) is 0 Å². The van der Waals surface area contributed by atoms with Gasteiger partial charge in [-0.3, -0.25) is 4.79 Å². The molecule has 3 nitrogen and oxygen atoms in total. The van der Waals surface area contributed by atoms with E-state index in [1.165, 1.54) is 11.3 Å². The number of fused-ring (bicyclic) bond motifs is 5. The Morgan fingerprint density at radius 2 is 1.84 bits per heavy atom. The summed E-state index contributed by atoms with van der Waals surface area (Å²) in [5, 5.41) is 1.48. The molecule has 2 heterocycles. The van der Waals surface area contributed by atoms with Gasteiger partial charge in [-0.25, -0.2) is 4.79 Å². The van der Waals surface area contributed by atoms with Gasteiger partial charge >= 0.3 is 5.63 Å². The summed E-state index contributed by atoms with van der Waals surface area (Å²) in [6.45, 7) is 0. The fourth-order valence-electron chi connectivity index (χ4n) is 2.89. The molecule has 0 amide bonds. The summed E-state index contributed by atoms with van der Waals surface area (Å²) >= 11 is 1.23. The van der Waals surface area contributed by atoms with Crippen LogP contribution in [0.5, 0.6) is 0 Å². The molecule has 2 aromatic heterocycles. The van der Waals surface area contributed by atoms with Gasteiger partial charge in [0, 0.05) is 15.6 Å². The topological polar surface area (TPSA) is 47.3 Å². The minimum Gasteiger partial charge on any atom is -0.422 e. The Morgan fingerprint density at radius 3 is 2.74 bits per heavy atom. The minimum absolute atomic E-state index is 0.00407. The summed E-state index contributed by atoms with van der Waals surface area (Å²) in [4.78, 5) is 24.3. The van der Waals surface area contributed by atoms with E-state index < -0.39 is 0 Å². The number of hydrogen-bond donors (Lipinski definition) is 0. The minimum atomic E-state index is -0.277. The van der Waals surface area contributed by atoms with Crippen LogP contribution >= 0.6 is 11.3 Å². The lowest BCUT2D eigenvalue weighted by Crippen LogP contribution is -2.10. The van der Waals surface area contributed by atoms with E-state index in [9.17, 15) is 9.59 Å². The van der Waals surface area contributed by atoms with Crippen molar-refractivity contribution in [2.24, 2.45) is 0 Å². The van der Waals surface area contributed by atoms with Crippen molar-refractivity contribution in [3.05, 3.63) is 55.3 Å². The van der Waals surface area contributed by atoms with Gasteiger partial charge in [-0.1, -0.05) is 23.5 Å². The Bertz CT molecular complexity index is 934. The molecule has 94 valence electrons. The Labute approximate surface area is 112 Å². The molecule has 0 bridgehead atoms. The van der Waals surface area contributed by atoms with Crippen LogP contribution in [0.1, 0.15) is 17.5 Å². The van der Waals surface area contributed by atoms with Gasteiger partial charge < -0.3 is 4.42 Å². The third-order valence-corrected chi connectivity index (χ3v) is 4.69. The monoisotopic (exact) mass is 270 g/mol. The second kappa shape index (κ2) is 3.78. The molecule has 0 fully saturated rings. The van der Waals surface area contributed by atoms with Gasteiger partial charge in [0.1, 0.15) is 0 Å². The smallest absolute Gasteiger partial charge is 0.339 e. The third kappa shape index (κ3) is 1.43. The van der Waals surface area contributed by atoms with Gasteiger partial charge in [-0.15, -0.1) is 0 Å². The zero-order valence-electron chi connectivity index (χ0n) is 10.1. The molecule has 0 N–H and O–H groups in total. The van der Waals surface area contributed by atoms with Crippen molar-refractivity contribution >= 4 is 32.4 Å². The van der Waals surface area contributed by atoms with Crippen molar-refractivity contribution in [3.63, 3.8) is 0 Å². The molecule has 4 heteroatoms. The van der Waals surface area contributed by atoms with Gasteiger partial charge in [0.05, 0.1) is 5.39 Å². The van der Waals surface area contributed by atoms with E-state index >= 15 is 0 Å². The fourth-order valence-corrected chi connectivity index (χ4v) is 3.82. The van der Waals surface area contributed by atoms with Crippen LogP contribution in [-0.2, 0) is 12.8 Å². The molecule has 0 saturated carbocycles. The van der Waals surface area contributed by atoms with Crippen LogP contribution < -0.4 is 10.4 Å².